The highest BCUT2D eigenvalue weighted by Gasteiger charge is 2.25. The third kappa shape index (κ3) is 3.90. The summed E-state index contributed by atoms with van der Waals surface area (Å²) in [4.78, 5) is 17.5. The lowest BCUT2D eigenvalue weighted by atomic mass is 10.1. The minimum absolute atomic E-state index is 0.137. The van der Waals surface area contributed by atoms with Crippen LogP contribution < -0.4 is 0 Å². The minimum atomic E-state index is 0.137. The Kier molecular flexibility index (Phi) is 5.35. The molecule has 1 saturated heterocycles. The number of furan rings is 1. The number of carbonyl (C=O) groups excluding carboxylic acids is 1. The fourth-order valence-corrected chi connectivity index (χ4v) is 3.94. The molecule has 0 spiro atoms. The van der Waals surface area contributed by atoms with E-state index in [1.807, 2.05) is 43.0 Å². The van der Waals surface area contributed by atoms with Crippen LogP contribution in [0.2, 0.25) is 0 Å². The van der Waals surface area contributed by atoms with E-state index in [2.05, 4.69) is 33.7 Å². The zero-order valence-electron chi connectivity index (χ0n) is 16.6. The highest BCUT2D eigenvalue weighted by molar-refractivity contribution is 5.95. The summed E-state index contributed by atoms with van der Waals surface area (Å²) in [6, 6.07) is 16.4. The summed E-state index contributed by atoms with van der Waals surface area (Å²) in [6.45, 7) is 9.03. The fourth-order valence-electron chi connectivity index (χ4n) is 3.94. The van der Waals surface area contributed by atoms with Gasteiger partial charge in [0.15, 0.2) is 0 Å². The number of carbonyl (C=O) groups is 1. The second-order valence-electron chi connectivity index (χ2n) is 7.50. The van der Waals surface area contributed by atoms with Gasteiger partial charge in [-0.2, -0.15) is 0 Å². The van der Waals surface area contributed by atoms with Crippen molar-refractivity contribution in [3.8, 4) is 0 Å². The van der Waals surface area contributed by atoms with Crippen molar-refractivity contribution in [3.05, 3.63) is 83.1 Å². The Morgan fingerprint density at radius 3 is 2.39 bits per heavy atom. The summed E-state index contributed by atoms with van der Waals surface area (Å²) in [5.74, 6) is 1.04. The van der Waals surface area contributed by atoms with E-state index in [1.165, 1.54) is 5.56 Å². The number of aromatic nitrogens is 1. The first-order valence-corrected chi connectivity index (χ1v) is 9.86. The number of rotatable bonds is 5. The van der Waals surface area contributed by atoms with Crippen LogP contribution in [0.15, 0.2) is 59.2 Å². The first-order valence-electron chi connectivity index (χ1n) is 9.86. The van der Waals surface area contributed by atoms with Crippen molar-refractivity contribution in [1.82, 2.24) is 14.4 Å². The van der Waals surface area contributed by atoms with E-state index in [0.29, 0.717) is 6.54 Å². The lowest BCUT2D eigenvalue weighted by Crippen LogP contribution is -2.48. The summed E-state index contributed by atoms with van der Waals surface area (Å²) in [5, 5.41) is 0. The number of amides is 1. The van der Waals surface area contributed by atoms with Crippen LogP contribution in [0.4, 0.5) is 0 Å². The standard InChI is InChI=1S/C23H27N3O2/c1-18-15-22(19(2)26(18)17-21-9-6-14-28-21)23(27)25-12-10-24(11-13-25)16-20-7-4-3-5-8-20/h3-9,14-15H,10-13,16-17H2,1-2H3. The van der Waals surface area contributed by atoms with Gasteiger partial charge in [0.05, 0.1) is 18.4 Å². The van der Waals surface area contributed by atoms with Gasteiger partial charge in [0.1, 0.15) is 5.76 Å². The van der Waals surface area contributed by atoms with E-state index in [1.54, 1.807) is 6.26 Å². The van der Waals surface area contributed by atoms with Crippen LogP contribution in [0.5, 0.6) is 0 Å². The number of nitrogens with zero attached hydrogens (tertiary/aromatic N) is 3. The zero-order chi connectivity index (χ0) is 19.5. The van der Waals surface area contributed by atoms with E-state index in [4.69, 9.17) is 4.42 Å². The average molecular weight is 377 g/mol. The molecule has 0 bridgehead atoms. The molecule has 0 aliphatic carbocycles. The van der Waals surface area contributed by atoms with Crippen LogP contribution in [0.3, 0.4) is 0 Å². The van der Waals surface area contributed by atoms with Gasteiger partial charge in [0.2, 0.25) is 0 Å². The maximum atomic E-state index is 13.1. The molecule has 1 aliphatic rings. The predicted octanol–water partition coefficient (Wildman–Crippen LogP) is 3.70. The minimum Gasteiger partial charge on any atom is -0.467 e. The second kappa shape index (κ2) is 8.07. The molecule has 3 aromatic rings. The Hall–Kier alpha value is -2.79. The maximum Gasteiger partial charge on any atom is 0.255 e. The quantitative estimate of drug-likeness (QED) is 0.681. The molecule has 1 amide bonds. The largest absolute Gasteiger partial charge is 0.467 e. The number of aryl methyl sites for hydroxylation is 1. The number of hydrogen-bond donors (Lipinski definition) is 0. The molecule has 0 saturated carbocycles. The van der Waals surface area contributed by atoms with Gasteiger partial charge in [0, 0.05) is 44.1 Å². The van der Waals surface area contributed by atoms with E-state index in [0.717, 1.165) is 55.4 Å². The van der Waals surface area contributed by atoms with Crippen molar-refractivity contribution in [2.75, 3.05) is 26.2 Å². The third-order valence-corrected chi connectivity index (χ3v) is 5.61. The van der Waals surface area contributed by atoms with Crippen LogP contribution in [-0.4, -0.2) is 46.5 Å². The average Bonchev–Trinajstić information content (AvgIpc) is 3.33. The number of benzene rings is 1. The van der Waals surface area contributed by atoms with Gasteiger partial charge in [-0.05, 0) is 37.6 Å². The first kappa shape index (κ1) is 18.6. The molecule has 1 fully saturated rings. The topological polar surface area (TPSA) is 41.6 Å². The maximum absolute atomic E-state index is 13.1. The Labute approximate surface area is 166 Å². The van der Waals surface area contributed by atoms with Gasteiger partial charge in [0.25, 0.3) is 5.91 Å². The number of hydrogen-bond acceptors (Lipinski definition) is 3. The van der Waals surface area contributed by atoms with E-state index >= 15 is 0 Å². The monoisotopic (exact) mass is 377 g/mol. The highest BCUT2D eigenvalue weighted by Crippen LogP contribution is 2.20. The summed E-state index contributed by atoms with van der Waals surface area (Å²) in [6.07, 6.45) is 1.69. The van der Waals surface area contributed by atoms with E-state index in [-0.39, 0.29) is 5.91 Å². The normalized spacial score (nSPS) is 15.1. The fraction of sp³-hybridized carbons (Fsp3) is 0.348. The van der Waals surface area contributed by atoms with Gasteiger partial charge >= 0.3 is 0 Å². The van der Waals surface area contributed by atoms with Gasteiger partial charge in [-0.1, -0.05) is 30.3 Å². The van der Waals surface area contributed by atoms with Crippen LogP contribution >= 0.6 is 0 Å². The summed E-state index contributed by atoms with van der Waals surface area (Å²) in [5.41, 5.74) is 4.22. The predicted molar refractivity (Wildman–Crippen MR) is 109 cm³/mol. The summed E-state index contributed by atoms with van der Waals surface area (Å²) < 4.78 is 7.62. The molecule has 0 radical (unpaired) electrons. The molecule has 1 aliphatic heterocycles. The SMILES string of the molecule is Cc1cc(C(=O)N2CCN(Cc3ccccc3)CC2)c(C)n1Cc1ccco1. The zero-order valence-corrected chi connectivity index (χ0v) is 16.6. The Balaban J connectivity index is 1.40. The molecular formula is C23H27N3O2. The Morgan fingerprint density at radius 2 is 1.71 bits per heavy atom. The molecule has 2 aromatic heterocycles. The molecule has 0 unspecified atom stereocenters. The van der Waals surface area contributed by atoms with Crippen molar-refractivity contribution in [2.24, 2.45) is 0 Å². The molecule has 3 heterocycles. The second-order valence-corrected chi connectivity index (χ2v) is 7.50. The van der Waals surface area contributed by atoms with Crippen LogP contribution in [0, 0.1) is 13.8 Å². The van der Waals surface area contributed by atoms with E-state index < -0.39 is 0 Å². The Morgan fingerprint density at radius 1 is 0.964 bits per heavy atom. The van der Waals surface area contributed by atoms with Gasteiger partial charge in [-0.25, -0.2) is 0 Å². The molecule has 5 heteroatoms. The lowest BCUT2D eigenvalue weighted by Gasteiger charge is -2.34. The molecule has 0 atom stereocenters. The van der Waals surface area contributed by atoms with Gasteiger partial charge < -0.3 is 13.9 Å². The number of piperazine rings is 1. The molecule has 4 rings (SSSR count). The lowest BCUT2D eigenvalue weighted by molar-refractivity contribution is 0.0627. The summed E-state index contributed by atoms with van der Waals surface area (Å²) in [7, 11) is 0. The van der Waals surface area contributed by atoms with Gasteiger partial charge in [-0.15, -0.1) is 0 Å². The molecule has 0 N–H and O–H groups in total. The van der Waals surface area contributed by atoms with Crippen molar-refractivity contribution < 1.29 is 9.21 Å². The van der Waals surface area contributed by atoms with Gasteiger partial charge in [-0.3, -0.25) is 9.69 Å². The third-order valence-electron chi connectivity index (χ3n) is 5.61. The van der Waals surface area contributed by atoms with Crippen molar-refractivity contribution >= 4 is 5.91 Å². The molecule has 146 valence electrons. The molecule has 5 nitrogen and oxygen atoms in total. The highest BCUT2D eigenvalue weighted by atomic mass is 16.3. The van der Waals surface area contributed by atoms with Crippen LogP contribution in [0.25, 0.3) is 0 Å². The Bertz CT molecular complexity index is 920. The van der Waals surface area contributed by atoms with Crippen molar-refractivity contribution in [3.63, 3.8) is 0 Å². The molecule has 1 aromatic carbocycles. The summed E-state index contributed by atoms with van der Waals surface area (Å²) >= 11 is 0. The first-order chi connectivity index (χ1) is 13.6. The van der Waals surface area contributed by atoms with E-state index in [9.17, 15) is 4.79 Å². The van der Waals surface area contributed by atoms with Crippen molar-refractivity contribution in [2.45, 2.75) is 26.9 Å². The molecule has 28 heavy (non-hydrogen) atoms. The van der Waals surface area contributed by atoms with Crippen LogP contribution in [-0.2, 0) is 13.1 Å². The van der Waals surface area contributed by atoms with Crippen LogP contribution in [0.1, 0.15) is 33.1 Å². The van der Waals surface area contributed by atoms with Crippen molar-refractivity contribution in [1.29, 1.82) is 0 Å². The smallest absolute Gasteiger partial charge is 0.255 e. The molecular weight excluding hydrogens is 350 g/mol.